The third-order valence-corrected chi connectivity index (χ3v) is 4.04. The molecule has 0 radical (unpaired) electrons. The third-order valence-electron chi connectivity index (χ3n) is 2.15. The predicted molar refractivity (Wildman–Crippen MR) is 63.4 cm³/mol. The minimum absolute atomic E-state index is 0.0467. The third kappa shape index (κ3) is 3.01. The summed E-state index contributed by atoms with van der Waals surface area (Å²) in [7, 11) is 0. The molecule has 0 saturated heterocycles. The summed E-state index contributed by atoms with van der Waals surface area (Å²) >= 11 is 2.59. The molecule has 8 heteroatoms. The SMILES string of the molecule is NCc1cc(C(F)(F)F)ccc1Sc1nncs1. The van der Waals surface area contributed by atoms with Gasteiger partial charge < -0.3 is 5.73 Å². The number of benzene rings is 1. The average Bonchev–Trinajstić information content (AvgIpc) is 2.81. The number of aromatic nitrogens is 2. The molecule has 18 heavy (non-hydrogen) atoms. The standard InChI is InChI=1S/C10H8F3N3S2/c11-10(12,13)7-1-2-8(6(3-7)4-14)18-9-16-15-5-17-9/h1-3,5H,4,14H2. The molecule has 96 valence electrons. The van der Waals surface area contributed by atoms with Crippen LogP contribution in [0.1, 0.15) is 11.1 Å². The van der Waals surface area contributed by atoms with Crippen molar-refractivity contribution in [2.45, 2.75) is 22.0 Å². The van der Waals surface area contributed by atoms with E-state index in [4.69, 9.17) is 5.73 Å². The largest absolute Gasteiger partial charge is 0.416 e. The Labute approximate surface area is 109 Å². The molecule has 0 amide bonds. The van der Waals surface area contributed by atoms with Crippen LogP contribution in [0.2, 0.25) is 0 Å². The monoisotopic (exact) mass is 291 g/mol. The van der Waals surface area contributed by atoms with Crippen molar-refractivity contribution in [2.75, 3.05) is 0 Å². The molecule has 1 aromatic heterocycles. The highest BCUT2D eigenvalue weighted by Gasteiger charge is 2.30. The van der Waals surface area contributed by atoms with Crippen LogP contribution in [0, 0.1) is 0 Å². The first-order valence-corrected chi connectivity index (χ1v) is 6.54. The molecular formula is C10H8F3N3S2. The van der Waals surface area contributed by atoms with Gasteiger partial charge in [0.2, 0.25) is 0 Å². The maximum Gasteiger partial charge on any atom is 0.416 e. The fraction of sp³-hybridized carbons (Fsp3) is 0.200. The minimum atomic E-state index is -4.35. The molecular weight excluding hydrogens is 283 g/mol. The second-order valence-corrected chi connectivity index (χ2v) is 5.45. The summed E-state index contributed by atoms with van der Waals surface area (Å²) in [6, 6.07) is 3.53. The lowest BCUT2D eigenvalue weighted by Crippen LogP contribution is -2.07. The van der Waals surface area contributed by atoms with Gasteiger partial charge in [-0.1, -0.05) is 23.1 Å². The van der Waals surface area contributed by atoms with Gasteiger partial charge in [-0.15, -0.1) is 10.2 Å². The molecule has 0 aliphatic heterocycles. The smallest absolute Gasteiger partial charge is 0.326 e. The quantitative estimate of drug-likeness (QED) is 0.943. The summed E-state index contributed by atoms with van der Waals surface area (Å²) in [5, 5.41) is 7.49. The molecule has 0 bridgehead atoms. The molecule has 0 spiro atoms. The Hall–Kier alpha value is -1.12. The molecule has 2 N–H and O–H groups in total. The fourth-order valence-electron chi connectivity index (χ4n) is 1.32. The summed E-state index contributed by atoms with van der Waals surface area (Å²) in [4.78, 5) is 0.669. The fourth-order valence-corrected chi connectivity index (χ4v) is 2.87. The van der Waals surface area contributed by atoms with E-state index in [9.17, 15) is 13.2 Å². The molecule has 0 saturated carbocycles. The van der Waals surface area contributed by atoms with E-state index >= 15 is 0 Å². The molecule has 1 aromatic carbocycles. The van der Waals surface area contributed by atoms with Crippen LogP contribution >= 0.6 is 23.1 Å². The summed E-state index contributed by atoms with van der Waals surface area (Å²) in [6.45, 7) is 0.0467. The molecule has 0 unspecified atom stereocenters. The Morgan fingerprint density at radius 1 is 1.33 bits per heavy atom. The molecule has 1 heterocycles. The van der Waals surface area contributed by atoms with E-state index in [2.05, 4.69) is 10.2 Å². The van der Waals surface area contributed by atoms with Crippen molar-refractivity contribution in [3.8, 4) is 0 Å². The lowest BCUT2D eigenvalue weighted by Gasteiger charge is -2.11. The minimum Gasteiger partial charge on any atom is -0.326 e. The van der Waals surface area contributed by atoms with Gasteiger partial charge >= 0.3 is 6.18 Å². The lowest BCUT2D eigenvalue weighted by atomic mass is 10.1. The van der Waals surface area contributed by atoms with Gasteiger partial charge in [0.15, 0.2) is 4.34 Å². The second-order valence-electron chi connectivity index (χ2n) is 3.33. The molecule has 0 atom stereocenters. The van der Waals surface area contributed by atoms with E-state index in [0.29, 0.717) is 14.8 Å². The summed E-state index contributed by atoms with van der Waals surface area (Å²) in [6.07, 6.45) is -4.35. The van der Waals surface area contributed by atoms with Gasteiger partial charge in [-0.3, -0.25) is 0 Å². The maximum absolute atomic E-state index is 12.5. The van der Waals surface area contributed by atoms with E-state index in [1.54, 1.807) is 5.51 Å². The van der Waals surface area contributed by atoms with Crippen molar-refractivity contribution in [2.24, 2.45) is 5.73 Å². The zero-order chi connectivity index (χ0) is 13.2. The van der Waals surface area contributed by atoms with Crippen molar-refractivity contribution < 1.29 is 13.2 Å². The highest BCUT2D eigenvalue weighted by Crippen LogP contribution is 2.35. The van der Waals surface area contributed by atoms with Gasteiger partial charge in [0.05, 0.1) is 5.56 Å². The van der Waals surface area contributed by atoms with Crippen LogP contribution in [-0.2, 0) is 12.7 Å². The predicted octanol–water partition coefficient (Wildman–Crippen LogP) is 3.17. The Balaban J connectivity index is 2.32. The van der Waals surface area contributed by atoms with E-state index in [1.165, 1.54) is 29.2 Å². The van der Waals surface area contributed by atoms with Crippen molar-refractivity contribution in [1.82, 2.24) is 10.2 Å². The van der Waals surface area contributed by atoms with Crippen molar-refractivity contribution >= 4 is 23.1 Å². The van der Waals surface area contributed by atoms with Crippen molar-refractivity contribution in [1.29, 1.82) is 0 Å². The highest BCUT2D eigenvalue weighted by atomic mass is 32.2. The lowest BCUT2D eigenvalue weighted by molar-refractivity contribution is -0.137. The number of halogens is 3. The first-order chi connectivity index (χ1) is 8.50. The summed E-state index contributed by atoms with van der Waals surface area (Å²) in [5.74, 6) is 0. The van der Waals surface area contributed by atoms with Crippen LogP contribution in [-0.4, -0.2) is 10.2 Å². The second kappa shape index (κ2) is 5.25. The van der Waals surface area contributed by atoms with Gasteiger partial charge in [-0.2, -0.15) is 13.2 Å². The first-order valence-electron chi connectivity index (χ1n) is 4.85. The average molecular weight is 291 g/mol. The van der Waals surface area contributed by atoms with Crippen molar-refractivity contribution in [3.05, 3.63) is 34.8 Å². The van der Waals surface area contributed by atoms with Gasteiger partial charge in [0.1, 0.15) is 5.51 Å². The van der Waals surface area contributed by atoms with E-state index in [1.807, 2.05) is 0 Å². The molecule has 0 fully saturated rings. The summed E-state index contributed by atoms with van der Waals surface area (Å²) in [5.41, 5.74) is 6.80. The maximum atomic E-state index is 12.5. The molecule has 3 nitrogen and oxygen atoms in total. The first kappa shape index (κ1) is 13.3. The van der Waals surface area contributed by atoms with Crippen LogP contribution in [0.15, 0.2) is 32.9 Å². The molecule has 0 aliphatic carbocycles. The number of rotatable bonds is 3. The number of alkyl halides is 3. The number of nitrogens with two attached hydrogens (primary N) is 1. The van der Waals surface area contributed by atoms with Crippen LogP contribution in [0.4, 0.5) is 13.2 Å². The van der Waals surface area contributed by atoms with E-state index in [0.717, 1.165) is 12.1 Å². The van der Waals surface area contributed by atoms with Gasteiger partial charge in [-0.05, 0) is 23.8 Å². The van der Waals surface area contributed by atoms with Crippen LogP contribution in [0.3, 0.4) is 0 Å². The highest BCUT2D eigenvalue weighted by molar-refractivity contribution is 8.01. The van der Waals surface area contributed by atoms with Crippen LogP contribution in [0.5, 0.6) is 0 Å². The molecule has 2 rings (SSSR count). The van der Waals surface area contributed by atoms with Gasteiger partial charge in [-0.25, -0.2) is 0 Å². The number of nitrogens with zero attached hydrogens (tertiary/aromatic N) is 2. The Kier molecular flexibility index (Phi) is 3.88. The number of hydrogen-bond acceptors (Lipinski definition) is 5. The summed E-state index contributed by atoms with van der Waals surface area (Å²) < 4.78 is 38.3. The van der Waals surface area contributed by atoms with E-state index in [-0.39, 0.29) is 6.54 Å². The topological polar surface area (TPSA) is 51.8 Å². The Morgan fingerprint density at radius 3 is 2.67 bits per heavy atom. The Bertz CT molecular complexity index is 526. The zero-order valence-electron chi connectivity index (χ0n) is 8.94. The number of hydrogen-bond donors (Lipinski definition) is 1. The zero-order valence-corrected chi connectivity index (χ0v) is 10.6. The Morgan fingerprint density at radius 2 is 2.11 bits per heavy atom. The molecule has 2 aromatic rings. The van der Waals surface area contributed by atoms with Crippen LogP contribution < -0.4 is 5.73 Å². The van der Waals surface area contributed by atoms with E-state index < -0.39 is 11.7 Å². The normalized spacial score (nSPS) is 11.8. The molecule has 0 aliphatic rings. The van der Waals surface area contributed by atoms with Crippen LogP contribution in [0.25, 0.3) is 0 Å². The van der Waals surface area contributed by atoms with Gasteiger partial charge in [0.25, 0.3) is 0 Å². The van der Waals surface area contributed by atoms with Crippen molar-refractivity contribution in [3.63, 3.8) is 0 Å². The van der Waals surface area contributed by atoms with Gasteiger partial charge in [0, 0.05) is 11.4 Å².